The summed E-state index contributed by atoms with van der Waals surface area (Å²) in [6, 6.07) is 4.09. The highest BCUT2D eigenvalue weighted by Gasteiger charge is 2.33. The zero-order valence-electron chi connectivity index (χ0n) is 11.1. The Labute approximate surface area is 117 Å². The predicted molar refractivity (Wildman–Crippen MR) is 74.4 cm³/mol. The van der Waals surface area contributed by atoms with Crippen molar-refractivity contribution in [3.05, 3.63) is 16.3 Å². The molecule has 1 aliphatic carbocycles. The van der Waals surface area contributed by atoms with Crippen LogP contribution in [0.5, 0.6) is 5.75 Å². The molecule has 0 atom stereocenters. The fourth-order valence-corrected chi connectivity index (χ4v) is 3.25. The molecule has 1 amide bonds. The van der Waals surface area contributed by atoms with Gasteiger partial charge in [0.2, 0.25) is 0 Å². The highest BCUT2D eigenvalue weighted by atomic mass is 32.1. The van der Waals surface area contributed by atoms with Crippen molar-refractivity contribution in [2.45, 2.75) is 44.1 Å². The van der Waals surface area contributed by atoms with Crippen LogP contribution in [0, 0.1) is 11.3 Å². The van der Waals surface area contributed by atoms with Gasteiger partial charge in [-0.2, -0.15) is 5.26 Å². The number of nitrogens with one attached hydrogen (secondary N) is 1. The first-order valence-corrected chi connectivity index (χ1v) is 7.44. The molecule has 0 radical (unpaired) electrons. The van der Waals surface area contributed by atoms with Crippen LogP contribution in [0.2, 0.25) is 0 Å². The second kappa shape index (κ2) is 6.07. The summed E-state index contributed by atoms with van der Waals surface area (Å²) in [4.78, 5) is 12.8. The molecule has 1 aromatic rings. The molecule has 0 aromatic carbocycles. The van der Waals surface area contributed by atoms with Gasteiger partial charge in [-0.05, 0) is 24.3 Å². The Morgan fingerprint density at radius 2 is 2.11 bits per heavy atom. The number of thiophene rings is 1. The van der Waals surface area contributed by atoms with Crippen molar-refractivity contribution >= 4 is 17.2 Å². The van der Waals surface area contributed by atoms with Crippen LogP contribution in [0.4, 0.5) is 0 Å². The van der Waals surface area contributed by atoms with Gasteiger partial charge >= 0.3 is 0 Å². The average molecular weight is 278 g/mol. The van der Waals surface area contributed by atoms with Crippen molar-refractivity contribution < 1.29 is 9.53 Å². The van der Waals surface area contributed by atoms with Gasteiger partial charge in [-0.3, -0.25) is 4.79 Å². The number of carbonyl (C=O) groups excluding carboxylic acids is 1. The zero-order chi connectivity index (χ0) is 13.7. The third kappa shape index (κ3) is 3.07. The first-order chi connectivity index (χ1) is 9.21. The second-order valence-corrected chi connectivity index (χ2v) is 5.80. The van der Waals surface area contributed by atoms with Crippen LogP contribution in [-0.2, 0) is 0 Å². The first-order valence-electron chi connectivity index (χ1n) is 6.56. The van der Waals surface area contributed by atoms with E-state index in [1.54, 1.807) is 13.2 Å². The van der Waals surface area contributed by atoms with Gasteiger partial charge in [0.25, 0.3) is 5.91 Å². The van der Waals surface area contributed by atoms with Gasteiger partial charge in [0.15, 0.2) is 0 Å². The molecule has 4 nitrogen and oxygen atoms in total. The molecular weight excluding hydrogens is 260 g/mol. The van der Waals surface area contributed by atoms with Crippen LogP contribution in [0.1, 0.15) is 48.2 Å². The highest BCUT2D eigenvalue weighted by Crippen LogP contribution is 2.29. The number of nitrogens with zero attached hydrogens (tertiary/aromatic N) is 1. The second-order valence-electron chi connectivity index (χ2n) is 4.88. The van der Waals surface area contributed by atoms with Crippen molar-refractivity contribution in [1.29, 1.82) is 5.26 Å². The van der Waals surface area contributed by atoms with E-state index in [0.29, 0.717) is 10.6 Å². The molecule has 1 aliphatic rings. The molecule has 1 saturated carbocycles. The van der Waals surface area contributed by atoms with E-state index >= 15 is 0 Å². The molecule has 0 unspecified atom stereocenters. The third-order valence-electron chi connectivity index (χ3n) is 3.58. The molecule has 1 heterocycles. The van der Waals surface area contributed by atoms with E-state index in [1.807, 2.05) is 5.38 Å². The maximum absolute atomic E-state index is 12.3. The summed E-state index contributed by atoms with van der Waals surface area (Å²) >= 11 is 1.34. The van der Waals surface area contributed by atoms with Crippen molar-refractivity contribution in [3.63, 3.8) is 0 Å². The Bertz CT molecular complexity index is 482. The van der Waals surface area contributed by atoms with E-state index in [2.05, 4.69) is 11.4 Å². The number of nitriles is 1. The first kappa shape index (κ1) is 13.9. The minimum absolute atomic E-state index is 0.199. The Balaban J connectivity index is 2.14. The summed E-state index contributed by atoms with van der Waals surface area (Å²) in [5.41, 5.74) is -0.706. The lowest BCUT2D eigenvalue weighted by atomic mass is 9.92. The summed E-state index contributed by atoms with van der Waals surface area (Å²) in [5.74, 6) is 0.375. The van der Waals surface area contributed by atoms with Crippen LogP contribution in [0.3, 0.4) is 0 Å². The number of rotatable bonds is 3. The van der Waals surface area contributed by atoms with Crippen LogP contribution < -0.4 is 10.1 Å². The summed E-state index contributed by atoms with van der Waals surface area (Å²) in [6.07, 6.45) is 5.75. The number of amides is 1. The number of hydrogen-bond donors (Lipinski definition) is 1. The molecule has 1 N–H and O–H groups in total. The van der Waals surface area contributed by atoms with Crippen molar-refractivity contribution in [2.24, 2.45) is 0 Å². The van der Waals surface area contributed by atoms with Crippen molar-refractivity contribution in [3.8, 4) is 11.8 Å². The smallest absolute Gasteiger partial charge is 0.266 e. The molecule has 0 saturated heterocycles. The standard InChI is InChI=1S/C14H18N2O2S/c1-18-11-6-9-19-12(11)13(17)16-14(10-15)7-4-2-3-5-8-14/h6,9H,2-5,7-8H2,1H3,(H,16,17). The monoisotopic (exact) mass is 278 g/mol. The summed E-state index contributed by atoms with van der Waals surface area (Å²) in [6.45, 7) is 0. The average Bonchev–Trinajstić information content (AvgIpc) is 2.79. The molecule has 2 rings (SSSR count). The maximum atomic E-state index is 12.3. The summed E-state index contributed by atoms with van der Waals surface area (Å²) < 4.78 is 5.15. The van der Waals surface area contributed by atoms with Gasteiger partial charge in [0.1, 0.15) is 16.2 Å². The Hall–Kier alpha value is -1.54. The molecule has 5 heteroatoms. The molecule has 1 aromatic heterocycles. The molecular formula is C14H18N2O2S. The number of methoxy groups -OCH3 is 1. The van der Waals surface area contributed by atoms with Gasteiger partial charge in [0, 0.05) is 0 Å². The molecule has 1 fully saturated rings. The van der Waals surface area contributed by atoms with Gasteiger partial charge < -0.3 is 10.1 Å². The van der Waals surface area contributed by atoms with E-state index in [0.717, 1.165) is 38.5 Å². The quantitative estimate of drug-likeness (QED) is 0.864. The zero-order valence-corrected chi connectivity index (χ0v) is 11.9. The normalized spacial score (nSPS) is 18.1. The number of carbonyl (C=O) groups is 1. The summed E-state index contributed by atoms with van der Waals surface area (Å²) in [5, 5.41) is 14.2. The molecule has 102 valence electrons. The third-order valence-corrected chi connectivity index (χ3v) is 4.47. The Morgan fingerprint density at radius 1 is 1.42 bits per heavy atom. The number of ether oxygens (including phenoxy) is 1. The minimum Gasteiger partial charge on any atom is -0.495 e. The van der Waals surface area contributed by atoms with Gasteiger partial charge in [-0.15, -0.1) is 11.3 Å². The van der Waals surface area contributed by atoms with E-state index in [-0.39, 0.29) is 5.91 Å². The topological polar surface area (TPSA) is 62.1 Å². The molecule has 19 heavy (non-hydrogen) atoms. The van der Waals surface area contributed by atoms with Crippen LogP contribution in [0.15, 0.2) is 11.4 Å². The SMILES string of the molecule is COc1ccsc1C(=O)NC1(C#N)CCCCCC1. The summed E-state index contributed by atoms with van der Waals surface area (Å²) in [7, 11) is 1.55. The fraction of sp³-hybridized carbons (Fsp3) is 0.571. The van der Waals surface area contributed by atoms with E-state index < -0.39 is 5.54 Å². The van der Waals surface area contributed by atoms with E-state index in [9.17, 15) is 10.1 Å². The Morgan fingerprint density at radius 3 is 2.68 bits per heavy atom. The van der Waals surface area contributed by atoms with Crippen LogP contribution in [0.25, 0.3) is 0 Å². The number of hydrogen-bond acceptors (Lipinski definition) is 4. The predicted octanol–water partition coefficient (Wildman–Crippen LogP) is 3.10. The van der Waals surface area contributed by atoms with E-state index in [1.165, 1.54) is 11.3 Å². The Kier molecular flexibility index (Phi) is 4.43. The fourth-order valence-electron chi connectivity index (χ4n) is 2.49. The van der Waals surface area contributed by atoms with Gasteiger partial charge in [0.05, 0.1) is 13.2 Å². The molecule has 0 bridgehead atoms. The van der Waals surface area contributed by atoms with Crippen LogP contribution >= 0.6 is 11.3 Å². The largest absolute Gasteiger partial charge is 0.495 e. The highest BCUT2D eigenvalue weighted by molar-refractivity contribution is 7.12. The lowest BCUT2D eigenvalue weighted by Gasteiger charge is -2.26. The maximum Gasteiger partial charge on any atom is 0.266 e. The van der Waals surface area contributed by atoms with E-state index in [4.69, 9.17) is 4.74 Å². The minimum atomic E-state index is -0.706. The lowest BCUT2D eigenvalue weighted by molar-refractivity contribution is 0.0914. The van der Waals surface area contributed by atoms with Gasteiger partial charge in [-0.25, -0.2) is 0 Å². The van der Waals surface area contributed by atoms with Crippen molar-refractivity contribution in [1.82, 2.24) is 5.32 Å². The molecule has 0 aliphatic heterocycles. The van der Waals surface area contributed by atoms with Crippen LogP contribution in [-0.4, -0.2) is 18.6 Å². The lowest BCUT2D eigenvalue weighted by Crippen LogP contribution is -2.46. The molecule has 0 spiro atoms. The van der Waals surface area contributed by atoms with Gasteiger partial charge in [-0.1, -0.05) is 25.7 Å². The van der Waals surface area contributed by atoms with Crippen molar-refractivity contribution in [2.75, 3.05) is 7.11 Å².